The lowest BCUT2D eigenvalue weighted by Gasteiger charge is -2.22. The van der Waals surface area contributed by atoms with Crippen molar-refractivity contribution in [2.45, 2.75) is 31.2 Å². The summed E-state index contributed by atoms with van der Waals surface area (Å²) in [6, 6.07) is 0. The lowest BCUT2D eigenvalue weighted by atomic mass is 10.1. The van der Waals surface area contributed by atoms with Crippen LogP contribution in [0.1, 0.15) is 18.7 Å². The summed E-state index contributed by atoms with van der Waals surface area (Å²) in [7, 11) is 0. The van der Waals surface area contributed by atoms with E-state index in [1.807, 2.05) is 0 Å². The molecule has 0 bridgehead atoms. The molecule has 0 N–H and O–H groups in total. The van der Waals surface area contributed by atoms with E-state index in [0.717, 1.165) is 4.68 Å². The van der Waals surface area contributed by atoms with Crippen LogP contribution in [0.4, 0.5) is 17.6 Å². The normalized spacial score (nSPS) is 24.0. The first-order chi connectivity index (χ1) is 6.45. The zero-order chi connectivity index (χ0) is 10.4. The molecule has 0 amide bonds. The molecule has 0 fully saturated rings. The van der Waals surface area contributed by atoms with Gasteiger partial charge in [0.05, 0.1) is 0 Å². The molecule has 0 saturated heterocycles. The Bertz CT molecular complexity index is 347. The van der Waals surface area contributed by atoms with Gasteiger partial charge in [0.1, 0.15) is 0 Å². The number of alkyl halides is 4. The fourth-order valence-corrected chi connectivity index (χ4v) is 1.35. The Labute approximate surface area is 75.9 Å². The zero-order valence-electron chi connectivity index (χ0n) is 6.92. The van der Waals surface area contributed by atoms with Gasteiger partial charge in [-0.25, -0.2) is 4.68 Å². The maximum Gasteiger partial charge on any atom is 0.370 e. The van der Waals surface area contributed by atoms with Crippen LogP contribution in [-0.2, 0) is 12.5 Å². The number of hydrogen-bond donors (Lipinski definition) is 0. The molecular weight excluding hydrogens is 204 g/mol. The minimum Gasteiger partial charge on any atom is -0.224 e. The van der Waals surface area contributed by atoms with Crippen LogP contribution in [0.25, 0.3) is 0 Å². The summed E-state index contributed by atoms with van der Waals surface area (Å²) >= 11 is 0. The summed E-state index contributed by atoms with van der Waals surface area (Å²) in [5.74, 6) is -9.41. The van der Waals surface area contributed by atoms with Crippen molar-refractivity contribution >= 4 is 0 Å². The Morgan fingerprint density at radius 2 is 1.93 bits per heavy atom. The summed E-state index contributed by atoms with van der Waals surface area (Å²) in [4.78, 5) is 0. The Balaban J connectivity index is 2.53. The SMILES string of the molecule is FC1(F)CCCn2nnnc2C1(F)F. The lowest BCUT2D eigenvalue weighted by Crippen LogP contribution is -2.38. The monoisotopic (exact) mass is 210 g/mol. The molecule has 0 aliphatic carbocycles. The van der Waals surface area contributed by atoms with Crippen LogP contribution in [0.15, 0.2) is 0 Å². The second-order valence-corrected chi connectivity index (χ2v) is 3.11. The van der Waals surface area contributed by atoms with Crippen molar-refractivity contribution in [3.63, 3.8) is 0 Å². The summed E-state index contributed by atoms with van der Waals surface area (Å²) in [6.45, 7) is -0.00644. The summed E-state index contributed by atoms with van der Waals surface area (Å²) in [6.07, 6.45) is -0.939. The molecule has 2 heterocycles. The zero-order valence-corrected chi connectivity index (χ0v) is 6.92. The van der Waals surface area contributed by atoms with Crippen molar-refractivity contribution in [1.29, 1.82) is 0 Å². The first kappa shape index (κ1) is 9.35. The Morgan fingerprint density at radius 1 is 1.21 bits per heavy atom. The van der Waals surface area contributed by atoms with Crippen molar-refractivity contribution in [3.8, 4) is 0 Å². The first-order valence-electron chi connectivity index (χ1n) is 3.97. The maximum absolute atomic E-state index is 13.2. The highest BCUT2D eigenvalue weighted by Crippen LogP contribution is 2.46. The van der Waals surface area contributed by atoms with E-state index in [2.05, 4.69) is 15.5 Å². The summed E-state index contributed by atoms with van der Waals surface area (Å²) < 4.78 is 52.9. The van der Waals surface area contributed by atoms with Crippen LogP contribution in [-0.4, -0.2) is 26.1 Å². The molecule has 1 aliphatic heterocycles. The molecule has 0 saturated carbocycles. The highest BCUT2D eigenvalue weighted by atomic mass is 19.3. The van der Waals surface area contributed by atoms with E-state index < -0.39 is 24.1 Å². The van der Waals surface area contributed by atoms with Crippen LogP contribution >= 0.6 is 0 Å². The van der Waals surface area contributed by atoms with Gasteiger partial charge in [-0.15, -0.1) is 5.10 Å². The standard InChI is InChI=1S/C6H6F4N4/c7-5(8)2-1-3-14-4(6(5,9)10)11-12-13-14/h1-3H2. The minimum absolute atomic E-state index is 0.00644. The second kappa shape index (κ2) is 2.64. The quantitative estimate of drug-likeness (QED) is 0.604. The van der Waals surface area contributed by atoms with E-state index in [-0.39, 0.29) is 13.0 Å². The molecule has 1 aromatic heterocycles. The molecule has 8 heteroatoms. The largest absolute Gasteiger partial charge is 0.370 e. The van der Waals surface area contributed by atoms with Crippen molar-refractivity contribution in [1.82, 2.24) is 20.2 Å². The number of nitrogens with zero attached hydrogens (tertiary/aromatic N) is 4. The van der Waals surface area contributed by atoms with Gasteiger partial charge in [-0.2, -0.15) is 17.6 Å². The van der Waals surface area contributed by atoms with Gasteiger partial charge in [-0.3, -0.25) is 0 Å². The molecular formula is C6H6F4N4. The Kier molecular flexibility index (Phi) is 1.76. The van der Waals surface area contributed by atoms with E-state index >= 15 is 0 Å². The van der Waals surface area contributed by atoms with E-state index in [1.165, 1.54) is 0 Å². The van der Waals surface area contributed by atoms with Gasteiger partial charge in [0.2, 0.25) is 5.82 Å². The highest BCUT2D eigenvalue weighted by molar-refractivity contribution is 5.03. The smallest absolute Gasteiger partial charge is 0.224 e. The fourth-order valence-electron chi connectivity index (χ4n) is 1.35. The second-order valence-electron chi connectivity index (χ2n) is 3.11. The predicted octanol–water partition coefficient (Wildman–Crippen LogP) is 1.19. The number of aromatic nitrogens is 4. The molecule has 4 nitrogen and oxygen atoms in total. The summed E-state index contributed by atoms with van der Waals surface area (Å²) in [5.41, 5.74) is 0. The molecule has 14 heavy (non-hydrogen) atoms. The molecule has 0 aromatic carbocycles. The number of tetrazole rings is 1. The number of fused-ring (bicyclic) bond motifs is 1. The fraction of sp³-hybridized carbons (Fsp3) is 0.833. The molecule has 1 aliphatic rings. The number of hydrogen-bond acceptors (Lipinski definition) is 3. The number of halogens is 4. The predicted molar refractivity (Wildman–Crippen MR) is 35.9 cm³/mol. The maximum atomic E-state index is 13.2. The number of aryl methyl sites for hydroxylation is 1. The first-order valence-corrected chi connectivity index (χ1v) is 3.97. The van der Waals surface area contributed by atoms with Gasteiger partial charge >= 0.3 is 11.8 Å². The lowest BCUT2D eigenvalue weighted by molar-refractivity contribution is -0.221. The third kappa shape index (κ3) is 1.09. The van der Waals surface area contributed by atoms with E-state index in [9.17, 15) is 17.6 Å². The molecule has 2 rings (SSSR count). The third-order valence-electron chi connectivity index (χ3n) is 2.13. The molecule has 0 spiro atoms. The topological polar surface area (TPSA) is 43.6 Å². The van der Waals surface area contributed by atoms with Crippen LogP contribution in [0.2, 0.25) is 0 Å². The van der Waals surface area contributed by atoms with Crippen LogP contribution in [0.3, 0.4) is 0 Å². The van der Waals surface area contributed by atoms with Gasteiger partial charge in [0.25, 0.3) is 0 Å². The molecule has 0 radical (unpaired) electrons. The van der Waals surface area contributed by atoms with Crippen molar-refractivity contribution < 1.29 is 17.6 Å². The Morgan fingerprint density at radius 3 is 2.64 bits per heavy atom. The average molecular weight is 210 g/mol. The minimum atomic E-state index is -4.28. The van der Waals surface area contributed by atoms with Crippen LogP contribution < -0.4 is 0 Å². The highest BCUT2D eigenvalue weighted by Gasteiger charge is 2.61. The number of rotatable bonds is 0. The van der Waals surface area contributed by atoms with Gasteiger partial charge in [-0.1, -0.05) is 0 Å². The van der Waals surface area contributed by atoms with E-state index in [1.54, 1.807) is 0 Å². The molecule has 0 unspecified atom stereocenters. The van der Waals surface area contributed by atoms with Gasteiger partial charge < -0.3 is 0 Å². The van der Waals surface area contributed by atoms with Gasteiger partial charge in [-0.05, 0) is 16.8 Å². The molecule has 1 aromatic rings. The van der Waals surface area contributed by atoms with E-state index in [0.29, 0.717) is 0 Å². The van der Waals surface area contributed by atoms with Crippen LogP contribution in [0, 0.1) is 0 Å². The summed E-state index contributed by atoms with van der Waals surface area (Å²) in [5, 5.41) is 9.11. The van der Waals surface area contributed by atoms with Crippen LogP contribution in [0.5, 0.6) is 0 Å². The molecule has 78 valence electrons. The van der Waals surface area contributed by atoms with Crippen molar-refractivity contribution in [2.24, 2.45) is 0 Å². The van der Waals surface area contributed by atoms with Gasteiger partial charge in [0.15, 0.2) is 0 Å². The van der Waals surface area contributed by atoms with E-state index in [4.69, 9.17) is 0 Å². The Hall–Kier alpha value is -1.21. The van der Waals surface area contributed by atoms with Gasteiger partial charge in [0, 0.05) is 13.0 Å². The third-order valence-corrected chi connectivity index (χ3v) is 2.13. The van der Waals surface area contributed by atoms with Crippen molar-refractivity contribution in [2.75, 3.05) is 0 Å². The average Bonchev–Trinajstić information content (AvgIpc) is 2.48. The van der Waals surface area contributed by atoms with Crippen molar-refractivity contribution in [3.05, 3.63) is 5.82 Å². The molecule has 0 atom stereocenters.